The number of hydrogen-bond acceptors (Lipinski definition) is 6. The molecule has 4 amide bonds. The van der Waals surface area contributed by atoms with Gasteiger partial charge < -0.3 is 10.2 Å². The lowest BCUT2D eigenvalue weighted by Crippen LogP contribution is -2.63. The van der Waals surface area contributed by atoms with Crippen LogP contribution in [0.2, 0.25) is 0 Å². The summed E-state index contributed by atoms with van der Waals surface area (Å²) in [4.78, 5) is 56.1. The number of carbonyl (C=O) groups is 4. The van der Waals surface area contributed by atoms with Gasteiger partial charge in [-0.3, -0.25) is 19.2 Å². The van der Waals surface area contributed by atoms with Crippen LogP contribution in [-0.2, 0) is 19.2 Å². The first-order valence-corrected chi connectivity index (χ1v) is 11.4. The Kier molecular flexibility index (Phi) is 3.64. The van der Waals surface area contributed by atoms with Crippen molar-refractivity contribution >= 4 is 35.0 Å². The van der Waals surface area contributed by atoms with Gasteiger partial charge in [0.05, 0.1) is 35.0 Å². The molecule has 6 aliphatic rings. The van der Waals surface area contributed by atoms with Gasteiger partial charge in [-0.25, -0.2) is 9.80 Å². The van der Waals surface area contributed by atoms with Gasteiger partial charge in [-0.05, 0) is 47.9 Å². The SMILES string of the molecule is O=C1[C@H]2[C@@H]3C=C[C@@H]([C@@H]2C(=O)N1c1cccc(O)c1)[C@H]1[C@H]2C(=O)N(c4cccc(O)c4)C(=O)[C@@H]2[C@H]31. The number of rotatable bonds is 2. The lowest BCUT2D eigenvalue weighted by molar-refractivity contribution is -0.166. The molecule has 0 spiro atoms. The molecule has 2 bridgehead atoms. The fraction of sp³-hybridized carbons (Fsp3) is 0.308. The van der Waals surface area contributed by atoms with Crippen LogP contribution in [0.25, 0.3) is 0 Å². The van der Waals surface area contributed by atoms with Crippen LogP contribution < -0.4 is 9.80 Å². The number of anilines is 2. The number of benzene rings is 2. The Labute approximate surface area is 194 Å². The molecule has 2 heterocycles. The van der Waals surface area contributed by atoms with Gasteiger partial charge in [-0.1, -0.05) is 24.3 Å². The van der Waals surface area contributed by atoms with Crippen LogP contribution in [0.3, 0.4) is 0 Å². The molecule has 8 atom stereocenters. The molecular formula is C26H20N2O6. The van der Waals surface area contributed by atoms with E-state index >= 15 is 0 Å². The van der Waals surface area contributed by atoms with E-state index in [4.69, 9.17) is 0 Å². The summed E-state index contributed by atoms with van der Waals surface area (Å²) in [5.74, 6) is -4.50. The number of phenolic OH excluding ortho intramolecular Hbond substituents is 2. The lowest BCUT2D eigenvalue weighted by atomic mass is 9.40. The molecule has 34 heavy (non-hydrogen) atoms. The Bertz CT molecular complexity index is 1290. The first-order valence-electron chi connectivity index (χ1n) is 11.4. The van der Waals surface area contributed by atoms with Crippen LogP contribution in [0.1, 0.15) is 0 Å². The van der Waals surface area contributed by atoms with Gasteiger partial charge in [0, 0.05) is 12.1 Å². The van der Waals surface area contributed by atoms with E-state index in [1.807, 2.05) is 12.2 Å². The number of nitrogens with zero attached hydrogens (tertiary/aromatic N) is 2. The van der Waals surface area contributed by atoms with E-state index in [0.717, 1.165) is 9.80 Å². The summed E-state index contributed by atoms with van der Waals surface area (Å²) in [6.07, 6.45) is 3.91. The van der Waals surface area contributed by atoms with Crippen molar-refractivity contribution in [3.8, 4) is 11.5 Å². The van der Waals surface area contributed by atoms with Crippen LogP contribution in [-0.4, -0.2) is 33.8 Å². The third kappa shape index (κ3) is 2.18. The number of hydrogen-bond donors (Lipinski definition) is 2. The third-order valence-electron chi connectivity index (χ3n) is 8.52. The van der Waals surface area contributed by atoms with E-state index < -0.39 is 23.7 Å². The van der Waals surface area contributed by atoms with Crippen molar-refractivity contribution in [1.29, 1.82) is 0 Å². The molecule has 8 heteroatoms. The molecular weight excluding hydrogens is 436 g/mol. The third-order valence-corrected chi connectivity index (χ3v) is 8.52. The summed E-state index contributed by atoms with van der Waals surface area (Å²) in [7, 11) is 0. The van der Waals surface area contributed by atoms with Crippen molar-refractivity contribution in [2.45, 2.75) is 0 Å². The molecule has 8 rings (SSSR count). The molecule has 2 saturated carbocycles. The Hall–Kier alpha value is -3.94. The molecule has 4 fully saturated rings. The molecule has 170 valence electrons. The van der Waals surface area contributed by atoms with Gasteiger partial charge in [0.25, 0.3) is 0 Å². The highest BCUT2D eigenvalue weighted by Gasteiger charge is 2.75. The zero-order chi connectivity index (χ0) is 23.5. The number of imide groups is 2. The van der Waals surface area contributed by atoms with E-state index in [1.54, 1.807) is 24.3 Å². The standard InChI is InChI=1S/C26H20N2O6/c29-13-5-1-3-11(9-13)27-23(31)19-15-7-8-16(20(19)24(27)32)18-17(15)21-22(18)26(34)28(25(21)33)12-4-2-6-14(30)10-12/h1-10,15-22,29-30H/t15-,16-,17-,18-,19+,20+,21-,22-/m1/s1. The fourth-order valence-electron chi connectivity index (χ4n) is 7.37. The van der Waals surface area contributed by atoms with Crippen molar-refractivity contribution in [3.05, 3.63) is 60.7 Å². The smallest absolute Gasteiger partial charge is 0.238 e. The van der Waals surface area contributed by atoms with Gasteiger partial charge in [0.15, 0.2) is 0 Å². The van der Waals surface area contributed by atoms with E-state index in [9.17, 15) is 29.4 Å². The molecule has 0 aromatic heterocycles. The minimum atomic E-state index is -0.579. The number of phenols is 2. The Morgan fingerprint density at radius 1 is 0.559 bits per heavy atom. The van der Waals surface area contributed by atoms with Gasteiger partial charge in [-0.2, -0.15) is 0 Å². The molecule has 0 unspecified atom stereocenters. The monoisotopic (exact) mass is 456 g/mol. The average molecular weight is 456 g/mol. The zero-order valence-electron chi connectivity index (χ0n) is 17.8. The number of amides is 4. The highest BCUT2D eigenvalue weighted by Crippen LogP contribution is 2.68. The number of carbonyl (C=O) groups excluding carboxylic acids is 4. The molecule has 2 saturated heterocycles. The van der Waals surface area contributed by atoms with Crippen LogP contribution in [0, 0.1) is 47.3 Å². The van der Waals surface area contributed by atoms with Crippen molar-refractivity contribution in [2.24, 2.45) is 47.3 Å². The number of allylic oxidation sites excluding steroid dienone is 2. The molecule has 2 aromatic carbocycles. The second-order valence-electron chi connectivity index (χ2n) is 9.86. The Morgan fingerprint density at radius 2 is 0.941 bits per heavy atom. The van der Waals surface area contributed by atoms with Crippen LogP contribution in [0.5, 0.6) is 11.5 Å². The maximum Gasteiger partial charge on any atom is 0.238 e. The predicted octanol–water partition coefficient (Wildman–Crippen LogP) is 2.07. The number of aromatic hydroxyl groups is 2. The van der Waals surface area contributed by atoms with Crippen LogP contribution in [0.4, 0.5) is 11.4 Å². The van der Waals surface area contributed by atoms with Crippen LogP contribution >= 0.6 is 0 Å². The normalized spacial score (nSPS) is 37.1. The Morgan fingerprint density at radius 3 is 1.32 bits per heavy atom. The van der Waals surface area contributed by atoms with Crippen molar-refractivity contribution in [2.75, 3.05) is 9.80 Å². The first-order chi connectivity index (χ1) is 16.4. The second-order valence-corrected chi connectivity index (χ2v) is 9.86. The summed E-state index contributed by atoms with van der Waals surface area (Å²) < 4.78 is 0. The topological polar surface area (TPSA) is 115 Å². The first kappa shape index (κ1) is 19.5. The summed E-state index contributed by atoms with van der Waals surface area (Å²) in [6.45, 7) is 0. The largest absolute Gasteiger partial charge is 0.508 e. The molecule has 0 radical (unpaired) electrons. The van der Waals surface area contributed by atoms with Gasteiger partial charge >= 0.3 is 0 Å². The quantitative estimate of drug-likeness (QED) is 0.528. The molecule has 2 aliphatic heterocycles. The van der Waals surface area contributed by atoms with Gasteiger partial charge in [0.1, 0.15) is 11.5 Å². The maximum atomic E-state index is 13.5. The van der Waals surface area contributed by atoms with E-state index in [1.165, 1.54) is 24.3 Å². The molecule has 2 N–H and O–H groups in total. The van der Waals surface area contributed by atoms with Crippen molar-refractivity contribution in [1.82, 2.24) is 0 Å². The van der Waals surface area contributed by atoms with E-state index in [-0.39, 0.29) is 58.8 Å². The summed E-state index contributed by atoms with van der Waals surface area (Å²) in [6, 6.07) is 12.1. The Balaban J connectivity index is 1.26. The fourth-order valence-corrected chi connectivity index (χ4v) is 7.37. The average Bonchev–Trinajstić information content (AvgIpc) is 3.17. The van der Waals surface area contributed by atoms with Crippen molar-refractivity contribution in [3.63, 3.8) is 0 Å². The van der Waals surface area contributed by atoms with Crippen LogP contribution in [0.15, 0.2) is 60.7 Å². The summed E-state index contributed by atoms with van der Waals surface area (Å²) in [5, 5.41) is 19.7. The minimum absolute atomic E-state index is 0.0331. The van der Waals surface area contributed by atoms with E-state index in [2.05, 4.69) is 0 Å². The summed E-state index contributed by atoms with van der Waals surface area (Å²) in [5.41, 5.74) is 0.669. The van der Waals surface area contributed by atoms with Gasteiger partial charge in [0.2, 0.25) is 23.6 Å². The number of fused-ring (bicyclic) bond motifs is 1. The predicted molar refractivity (Wildman–Crippen MR) is 118 cm³/mol. The zero-order valence-corrected chi connectivity index (χ0v) is 17.8. The van der Waals surface area contributed by atoms with E-state index in [0.29, 0.717) is 11.4 Å². The highest BCUT2D eigenvalue weighted by atomic mass is 16.3. The van der Waals surface area contributed by atoms with Crippen molar-refractivity contribution < 1.29 is 29.4 Å². The lowest BCUT2D eigenvalue weighted by Gasteiger charge is -2.60. The highest BCUT2D eigenvalue weighted by molar-refractivity contribution is 6.25. The minimum Gasteiger partial charge on any atom is -0.508 e. The van der Waals surface area contributed by atoms with Gasteiger partial charge in [-0.15, -0.1) is 0 Å². The molecule has 8 nitrogen and oxygen atoms in total. The molecule has 4 aliphatic carbocycles. The summed E-state index contributed by atoms with van der Waals surface area (Å²) >= 11 is 0. The maximum absolute atomic E-state index is 13.5. The molecule has 2 aromatic rings. The second kappa shape index (κ2) is 6.34.